The molecule has 0 radical (unpaired) electrons. The number of amides is 3. The predicted octanol–water partition coefficient (Wildman–Crippen LogP) is 0.729. The highest BCUT2D eigenvalue weighted by Gasteiger charge is 2.30. The van der Waals surface area contributed by atoms with Crippen LogP contribution in [0.1, 0.15) is 51.5 Å². The molecule has 0 saturated carbocycles. The topological polar surface area (TPSA) is 197 Å². The molecule has 0 aliphatic carbocycles. The van der Waals surface area contributed by atoms with Gasteiger partial charge in [-0.15, -0.1) is 0 Å². The van der Waals surface area contributed by atoms with Crippen LogP contribution >= 0.6 is 11.8 Å². The first-order valence-corrected chi connectivity index (χ1v) is 14.2. The number of carbonyl (C=O) groups is 4. The Bertz CT molecular complexity index is 899. The van der Waals surface area contributed by atoms with E-state index in [1.165, 1.54) is 23.9 Å². The van der Waals surface area contributed by atoms with Crippen LogP contribution in [0.15, 0.2) is 24.3 Å². The summed E-state index contributed by atoms with van der Waals surface area (Å²) in [6.07, 6.45) is 4.01. The zero-order valence-corrected chi connectivity index (χ0v) is 23.3. The van der Waals surface area contributed by atoms with Crippen molar-refractivity contribution >= 4 is 35.5 Å². The van der Waals surface area contributed by atoms with Gasteiger partial charge in [-0.25, -0.2) is 4.79 Å². The van der Waals surface area contributed by atoms with Gasteiger partial charge in [0, 0.05) is 6.42 Å². The van der Waals surface area contributed by atoms with Crippen molar-refractivity contribution in [1.29, 1.82) is 0 Å². The summed E-state index contributed by atoms with van der Waals surface area (Å²) in [5, 5.41) is 27.1. The van der Waals surface area contributed by atoms with Crippen molar-refractivity contribution in [2.45, 2.75) is 76.5 Å². The number of unbranched alkanes of at least 4 members (excludes halogenated alkanes) is 1. The molecule has 0 fully saturated rings. The second kappa shape index (κ2) is 17.6. The molecule has 12 heteroatoms. The number of carboxylic acid groups (broad SMARTS) is 1. The van der Waals surface area contributed by atoms with Gasteiger partial charge in [-0.05, 0) is 74.3 Å². The van der Waals surface area contributed by atoms with Gasteiger partial charge in [-0.2, -0.15) is 11.8 Å². The fourth-order valence-electron chi connectivity index (χ4n) is 3.77. The molecular weight excluding hydrogens is 510 g/mol. The van der Waals surface area contributed by atoms with Gasteiger partial charge in [0.2, 0.25) is 17.7 Å². The molecule has 9 N–H and O–H groups in total. The number of nitrogens with one attached hydrogen (secondary N) is 3. The Morgan fingerprint density at radius 2 is 1.47 bits per heavy atom. The highest BCUT2D eigenvalue weighted by atomic mass is 32.2. The monoisotopic (exact) mass is 553 g/mol. The molecule has 11 nitrogen and oxygen atoms in total. The standard InChI is InChI=1S/C26H43N5O6S/c1-16(2)14-19(28)23(33)29-20(11-13-38-3)24(34)31-22(15-17-7-9-18(32)10-8-17)25(35)30-21(26(36)37)6-4-5-12-27/h7-10,16,19-22,32H,4-6,11-15,27-28H2,1-3H3,(H,29,33)(H,30,35)(H,31,34)(H,36,37). The number of carboxylic acids is 1. The number of carbonyl (C=O) groups excluding carboxylic acids is 3. The van der Waals surface area contributed by atoms with Crippen LogP contribution in [0, 0.1) is 5.92 Å². The number of phenols is 1. The lowest BCUT2D eigenvalue weighted by molar-refractivity contribution is -0.142. The van der Waals surface area contributed by atoms with E-state index in [-0.39, 0.29) is 24.5 Å². The van der Waals surface area contributed by atoms with Crippen LogP contribution in [0.3, 0.4) is 0 Å². The number of phenolic OH excluding ortho intramolecular Hbond substituents is 1. The molecule has 4 atom stereocenters. The molecule has 0 aliphatic heterocycles. The summed E-state index contributed by atoms with van der Waals surface area (Å²) < 4.78 is 0. The van der Waals surface area contributed by atoms with Gasteiger partial charge in [0.15, 0.2) is 0 Å². The molecule has 0 spiro atoms. The van der Waals surface area contributed by atoms with Crippen molar-refractivity contribution in [1.82, 2.24) is 16.0 Å². The van der Waals surface area contributed by atoms with E-state index in [1.54, 1.807) is 12.1 Å². The average Bonchev–Trinajstić information content (AvgIpc) is 2.85. The molecular formula is C26H43N5O6S. The normalized spacial score (nSPS) is 14.3. The smallest absolute Gasteiger partial charge is 0.326 e. The maximum Gasteiger partial charge on any atom is 0.326 e. The lowest BCUT2D eigenvalue weighted by Gasteiger charge is -2.25. The Kier molecular flexibility index (Phi) is 15.4. The Balaban J connectivity index is 3.11. The lowest BCUT2D eigenvalue weighted by Crippen LogP contribution is -2.57. The molecule has 0 heterocycles. The van der Waals surface area contributed by atoms with Crippen LogP contribution in [0.25, 0.3) is 0 Å². The van der Waals surface area contributed by atoms with Crippen molar-refractivity contribution in [3.8, 4) is 5.75 Å². The number of nitrogens with two attached hydrogens (primary N) is 2. The molecule has 4 unspecified atom stereocenters. The van der Waals surface area contributed by atoms with Gasteiger partial charge in [0.05, 0.1) is 6.04 Å². The van der Waals surface area contributed by atoms with E-state index in [1.807, 2.05) is 20.1 Å². The minimum absolute atomic E-state index is 0.0437. The van der Waals surface area contributed by atoms with Crippen LogP contribution in [0.4, 0.5) is 0 Å². The molecule has 1 aromatic rings. The van der Waals surface area contributed by atoms with Crippen molar-refractivity contribution in [2.75, 3.05) is 18.6 Å². The quantitative estimate of drug-likeness (QED) is 0.128. The molecule has 214 valence electrons. The van der Waals surface area contributed by atoms with E-state index in [4.69, 9.17) is 11.5 Å². The second-order valence-electron chi connectivity index (χ2n) is 9.69. The van der Waals surface area contributed by atoms with Gasteiger partial charge in [0.1, 0.15) is 23.9 Å². The van der Waals surface area contributed by atoms with Crippen molar-refractivity contribution < 1.29 is 29.4 Å². The van der Waals surface area contributed by atoms with Gasteiger partial charge >= 0.3 is 5.97 Å². The minimum atomic E-state index is -1.19. The summed E-state index contributed by atoms with van der Waals surface area (Å²) in [4.78, 5) is 50.9. The van der Waals surface area contributed by atoms with Gasteiger partial charge in [-0.3, -0.25) is 14.4 Å². The summed E-state index contributed by atoms with van der Waals surface area (Å²) in [6.45, 7) is 4.29. The molecule has 1 aromatic carbocycles. The zero-order valence-electron chi connectivity index (χ0n) is 22.4. The summed E-state index contributed by atoms with van der Waals surface area (Å²) in [6, 6.07) is 2.15. The van der Waals surface area contributed by atoms with Gasteiger partial charge in [-0.1, -0.05) is 26.0 Å². The maximum absolute atomic E-state index is 13.3. The van der Waals surface area contributed by atoms with E-state index in [0.717, 1.165) is 0 Å². The van der Waals surface area contributed by atoms with Crippen molar-refractivity contribution in [3.05, 3.63) is 29.8 Å². The number of benzene rings is 1. The minimum Gasteiger partial charge on any atom is -0.508 e. The Morgan fingerprint density at radius 1 is 0.895 bits per heavy atom. The predicted molar refractivity (Wildman–Crippen MR) is 149 cm³/mol. The van der Waals surface area contributed by atoms with Crippen LogP contribution in [0.2, 0.25) is 0 Å². The van der Waals surface area contributed by atoms with Crippen LogP contribution in [-0.2, 0) is 25.6 Å². The van der Waals surface area contributed by atoms with Crippen LogP contribution < -0.4 is 27.4 Å². The van der Waals surface area contributed by atoms with Gasteiger partial charge in [0.25, 0.3) is 0 Å². The SMILES string of the molecule is CSCCC(NC(=O)C(N)CC(C)C)C(=O)NC(Cc1ccc(O)cc1)C(=O)NC(CCCCN)C(=O)O. The highest BCUT2D eigenvalue weighted by Crippen LogP contribution is 2.13. The summed E-state index contributed by atoms with van der Waals surface area (Å²) in [7, 11) is 0. The number of thioether (sulfide) groups is 1. The van der Waals surface area contributed by atoms with E-state index >= 15 is 0 Å². The van der Waals surface area contributed by atoms with Gasteiger partial charge < -0.3 is 37.6 Å². The Morgan fingerprint density at radius 3 is 2.03 bits per heavy atom. The van der Waals surface area contributed by atoms with Crippen LogP contribution in [0.5, 0.6) is 5.75 Å². The zero-order chi connectivity index (χ0) is 28.7. The van der Waals surface area contributed by atoms with E-state index in [0.29, 0.717) is 43.5 Å². The maximum atomic E-state index is 13.3. The first-order chi connectivity index (χ1) is 18.0. The van der Waals surface area contributed by atoms with E-state index in [2.05, 4.69) is 16.0 Å². The first-order valence-electron chi connectivity index (χ1n) is 12.8. The molecule has 3 amide bonds. The third-order valence-electron chi connectivity index (χ3n) is 5.88. The Hall–Kier alpha value is -2.83. The first kappa shape index (κ1) is 33.2. The molecule has 0 bridgehead atoms. The summed E-state index contributed by atoms with van der Waals surface area (Å²) in [5.41, 5.74) is 12.1. The summed E-state index contributed by atoms with van der Waals surface area (Å²) >= 11 is 1.50. The van der Waals surface area contributed by atoms with E-state index in [9.17, 15) is 29.4 Å². The number of hydrogen-bond acceptors (Lipinski definition) is 8. The second-order valence-corrected chi connectivity index (χ2v) is 10.7. The molecule has 0 aromatic heterocycles. The largest absolute Gasteiger partial charge is 0.508 e. The third-order valence-corrected chi connectivity index (χ3v) is 6.52. The number of rotatable bonds is 18. The van der Waals surface area contributed by atoms with E-state index < -0.39 is 47.9 Å². The average molecular weight is 554 g/mol. The molecule has 0 aliphatic rings. The summed E-state index contributed by atoms with van der Waals surface area (Å²) in [5.74, 6) is -2.06. The molecule has 0 saturated heterocycles. The molecule has 1 rings (SSSR count). The lowest BCUT2D eigenvalue weighted by atomic mass is 10.0. The molecule has 38 heavy (non-hydrogen) atoms. The third kappa shape index (κ3) is 12.6. The fourth-order valence-corrected chi connectivity index (χ4v) is 4.24. The fraction of sp³-hybridized carbons (Fsp3) is 0.615. The number of aromatic hydroxyl groups is 1. The Labute approximate surface area is 228 Å². The number of aliphatic carboxylic acids is 1. The van der Waals surface area contributed by atoms with Crippen molar-refractivity contribution in [3.63, 3.8) is 0 Å². The highest BCUT2D eigenvalue weighted by molar-refractivity contribution is 7.98. The number of hydrogen-bond donors (Lipinski definition) is 7. The van der Waals surface area contributed by atoms with Crippen LogP contribution in [-0.4, -0.2) is 76.6 Å². The van der Waals surface area contributed by atoms with Crippen molar-refractivity contribution in [2.24, 2.45) is 17.4 Å².